The van der Waals surface area contributed by atoms with Gasteiger partial charge in [-0.2, -0.15) is 0 Å². The first-order chi connectivity index (χ1) is 13.9. The number of para-hydroxylation sites is 2. The number of carbonyl (C=O) groups is 1. The molecule has 0 radical (unpaired) electrons. The molecule has 0 saturated carbocycles. The van der Waals surface area contributed by atoms with Gasteiger partial charge >= 0.3 is 5.97 Å². The standard InChI is InChI=1S/C22H18N2O4S/c1-29(26,27)24-20-13-7-5-11-18(20)22(25)28-14-21-17-10-3-2-8-15(17)16-9-4-6-12-19(16)23-21/h2-13,24H,14H2,1H3. The van der Waals surface area contributed by atoms with Crippen LogP contribution in [0.2, 0.25) is 0 Å². The van der Waals surface area contributed by atoms with E-state index in [9.17, 15) is 13.2 Å². The Morgan fingerprint density at radius 2 is 1.52 bits per heavy atom. The number of anilines is 1. The van der Waals surface area contributed by atoms with Crippen LogP contribution < -0.4 is 4.72 Å². The summed E-state index contributed by atoms with van der Waals surface area (Å²) in [6, 6.07) is 21.9. The Kier molecular flexibility index (Phi) is 4.90. The summed E-state index contributed by atoms with van der Waals surface area (Å²) in [6.07, 6.45) is 1.03. The van der Waals surface area contributed by atoms with Crippen molar-refractivity contribution in [1.82, 2.24) is 4.98 Å². The lowest BCUT2D eigenvalue weighted by molar-refractivity contribution is 0.0471. The number of esters is 1. The van der Waals surface area contributed by atoms with Gasteiger partial charge in [-0.05, 0) is 23.6 Å². The minimum atomic E-state index is -3.52. The number of fused-ring (bicyclic) bond motifs is 3. The molecule has 6 nitrogen and oxygen atoms in total. The van der Waals surface area contributed by atoms with E-state index in [2.05, 4.69) is 9.71 Å². The molecule has 0 fully saturated rings. The Bertz CT molecular complexity index is 1330. The molecule has 0 saturated heterocycles. The van der Waals surface area contributed by atoms with Gasteiger partial charge < -0.3 is 4.74 Å². The van der Waals surface area contributed by atoms with E-state index >= 15 is 0 Å². The quantitative estimate of drug-likeness (QED) is 0.398. The summed E-state index contributed by atoms with van der Waals surface area (Å²) in [7, 11) is -3.52. The number of hydrogen-bond donors (Lipinski definition) is 1. The molecule has 1 aromatic heterocycles. The van der Waals surface area contributed by atoms with Gasteiger partial charge in [0, 0.05) is 10.8 Å². The minimum absolute atomic E-state index is 0.0304. The average molecular weight is 406 g/mol. The molecule has 0 unspecified atom stereocenters. The second-order valence-corrected chi connectivity index (χ2v) is 8.37. The third-order valence-corrected chi connectivity index (χ3v) is 5.06. The molecule has 1 heterocycles. The normalized spacial score (nSPS) is 11.5. The van der Waals surface area contributed by atoms with Gasteiger partial charge in [0.05, 0.1) is 28.7 Å². The van der Waals surface area contributed by atoms with Crippen LogP contribution in [0.4, 0.5) is 5.69 Å². The maximum absolute atomic E-state index is 12.6. The molecule has 1 N–H and O–H groups in total. The third kappa shape index (κ3) is 4.05. The summed E-state index contributed by atoms with van der Waals surface area (Å²) >= 11 is 0. The molecule has 0 aliphatic carbocycles. The summed E-state index contributed by atoms with van der Waals surface area (Å²) < 4.78 is 30.9. The lowest BCUT2D eigenvalue weighted by Crippen LogP contribution is -2.14. The summed E-state index contributed by atoms with van der Waals surface area (Å²) in [5.41, 5.74) is 1.77. The van der Waals surface area contributed by atoms with Gasteiger partial charge in [0.1, 0.15) is 6.61 Å². The SMILES string of the molecule is CS(=O)(=O)Nc1ccccc1C(=O)OCc1nc2ccccc2c2ccccc12. The third-order valence-electron chi connectivity index (χ3n) is 4.47. The van der Waals surface area contributed by atoms with Gasteiger partial charge in [0.2, 0.25) is 10.0 Å². The van der Waals surface area contributed by atoms with E-state index in [-0.39, 0.29) is 17.9 Å². The van der Waals surface area contributed by atoms with Crippen LogP contribution in [-0.2, 0) is 21.4 Å². The van der Waals surface area contributed by atoms with E-state index < -0.39 is 16.0 Å². The van der Waals surface area contributed by atoms with E-state index in [1.165, 1.54) is 12.1 Å². The average Bonchev–Trinajstić information content (AvgIpc) is 2.71. The zero-order valence-corrected chi connectivity index (χ0v) is 16.4. The van der Waals surface area contributed by atoms with Gasteiger partial charge in [0.25, 0.3) is 0 Å². The molecule has 146 valence electrons. The van der Waals surface area contributed by atoms with Crippen molar-refractivity contribution in [2.24, 2.45) is 0 Å². The zero-order chi connectivity index (χ0) is 20.4. The van der Waals surface area contributed by atoms with Gasteiger partial charge in [-0.3, -0.25) is 4.72 Å². The molecule has 29 heavy (non-hydrogen) atoms. The van der Waals surface area contributed by atoms with Crippen LogP contribution in [-0.4, -0.2) is 25.6 Å². The maximum atomic E-state index is 12.6. The number of aromatic nitrogens is 1. The largest absolute Gasteiger partial charge is 0.455 e. The van der Waals surface area contributed by atoms with Crippen LogP contribution in [0.3, 0.4) is 0 Å². The van der Waals surface area contributed by atoms with Crippen molar-refractivity contribution in [2.45, 2.75) is 6.61 Å². The summed E-state index contributed by atoms with van der Waals surface area (Å²) in [6.45, 7) is -0.0304. The fourth-order valence-electron chi connectivity index (χ4n) is 3.25. The first kappa shape index (κ1) is 18.9. The van der Waals surface area contributed by atoms with E-state index in [0.717, 1.165) is 27.9 Å². The summed E-state index contributed by atoms with van der Waals surface area (Å²) in [5.74, 6) is -0.629. The lowest BCUT2D eigenvalue weighted by atomic mass is 10.0. The van der Waals surface area contributed by atoms with Crippen LogP contribution in [0.5, 0.6) is 0 Å². The van der Waals surface area contributed by atoms with E-state index in [1.54, 1.807) is 12.1 Å². The first-order valence-electron chi connectivity index (χ1n) is 8.93. The summed E-state index contributed by atoms with van der Waals surface area (Å²) in [4.78, 5) is 17.3. The number of sulfonamides is 1. The number of pyridine rings is 1. The van der Waals surface area contributed by atoms with Gasteiger partial charge in [0.15, 0.2) is 0 Å². The Morgan fingerprint density at radius 1 is 0.897 bits per heavy atom. The second-order valence-electron chi connectivity index (χ2n) is 6.62. The van der Waals surface area contributed by atoms with E-state index in [0.29, 0.717) is 5.69 Å². The molecular weight excluding hydrogens is 388 g/mol. The van der Waals surface area contributed by atoms with Crippen LogP contribution in [0.1, 0.15) is 16.1 Å². The maximum Gasteiger partial charge on any atom is 0.340 e. The van der Waals surface area contributed by atoms with Crippen molar-refractivity contribution in [2.75, 3.05) is 11.0 Å². The fourth-order valence-corrected chi connectivity index (χ4v) is 3.82. The van der Waals surface area contributed by atoms with Crippen molar-refractivity contribution in [3.8, 4) is 0 Å². The van der Waals surface area contributed by atoms with Crippen molar-refractivity contribution < 1.29 is 17.9 Å². The molecule has 0 aliphatic heterocycles. The molecule has 0 atom stereocenters. The van der Waals surface area contributed by atoms with Crippen molar-refractivity contribution in [1.29, 1.82) is 0 Å². The molecule has 0 amide bonds. The smallest absolute Gasteiger partial charge is 0.340 e. The number of benzene rings is 3. The fraction of sp³-hybridized carbons (Fsp3) is 0.0909. The van der Waals surface area contributed by atoms with Crippen molar-refractivity contribution in [3.05, 3.63) is 84.1 Å². The molecule has 0 aliphatic rings. The monoisotopic (exact) mass is 406 g/mol. The van der Waals surface area contributed by atoms with Crippen molar-refractivity contribution in [3.63, 3.8) is 0 Å². The molecule has 0 bridgehead atoms. The van der Waals surface area contributed by atoms with Crippen LogP contribution in [0.25, 0.3) is 21.7 Å². The highest BCUT2D eigenvalue weighted by atomic mass is 32.2. The topological polar surface area (TPSA) is 85.4 Å². The van der Waals surface area contributed by atoms with Crippen LogP contribution >= 0.6 is 0 Å². The summed E-state index contributed by atoms with van der Waals surface area (Å²) in [5, 5.41) is 2.96. The molecule has 4 aromatic rings. The molecule has 4 rings (SSSR count). The van der Waals surface area contributed by atoms with E-state index in [1.807, 2.05) is 48.5 Å². The molecule has 3 aromatic carbocycles. The Morgan fingerprint density at radius 3 is 2.28 bits per heavy atom. The lowest BCUT2D eigenvalue weighted by Gasteiger charge is -2.12. The van der Waals surface area contributed by atoms with Crippen LogP contribution in [0, 0.1) is 0 Å². The Balaban J connectivity index is 1.66. The number of rotatable bonds is 5. The minimum Gasteiger partial charge on any atom is -0.455 e. The number of nitrogens with one attached hydrogen (secondary N) is 1. The number of hydrogen-bond acceptors (Lipinski definition) is 5. The highest BCUT2D eigenvalue weighted by molar-refractivity contribution is 7.92. The Hall–Kier alpha value is -3.45. The molecular formula is C22H18N2O4S. The highest BCUT2D eigenvalue weighted by Gasteiger charge is 2.16. The highest BCUT2D eigenvalue weighted by Crippen LogP contribution is 2.27. The number of carbonyl (C=O) groups excluding carboxylic acids is 1. The molecule has 7 heteroatoms. The van der Waals surface area contributed by atoms with Gasteiger partial charge in [-0.15, -0.1) is 0 Å². The van der Waals surface area contributed by atoms with E-state index in [4.69, 9.17) is 4.74 Å². The van der Waals surface area contributed by atoms with Gasteiger partial charge in [-0.25, -0.2) is 18.2 Å². The predicted octanol–water partition coefficient (Wildman–Crippen LogP) is 4.12. The van der Waals surface area contributed by atoms with Gasteiger partial charge in [-0.1, -0.05) is 54.6 Å². The number of nitrogens with zero attached hydrogens (tertiary/aromatic N) is 1. The van der Waals surface area contributed by atoms with Crippen molar-refractivity contribution >= 4 is 43.4 Å². The predicted molar refractivity (Wildman–Crippen MR) is 113 cm³/mol. The Labute approximate surface area is 168 Å². The number of ether oxygens (including phenoxy) is 1. The first-order valence-corrected chi connectivity index (χ1v) is 10.8. The second kappa shape index (κ2) is 7.52. The van der Waals surface area contributed by atoms with Crippen LogP contribution in [0.15, 0.2) is 72.8 Å². The molecule has 0 spiro atoms. The zero-order valence-electron chi connectivity index (χ0n) is 15.6.